The molecule has 8 heteroatoms. The number of halogens is 3. The number of likely N-dealkylation sites (N-methyl/N-ethyl adjacent to an activating group) is 1. The highest BCUT2D eigenvalue weighted by Crippen LogP contribution is 2.26. The van der Waals surface area contributed by atoms with Crippen molar-refractivity contribution in [2.75, 3.05) is 20.7 Å². The summed E-state index contributed by atoms with van der Waals surface area (Å²) in [5.74, 6) is 0.571. The summed E-state index contributed by atoms with van der Waals surface area (Å²) >= 11 is 0. The van der Waals surface area contributed by atoms with E-state index < -0.39 is 30.9 Å². The van der Waals surface area contributed by atoms with Gasteiger partial charge in [-0.2, -0.15) is 13.2 Å². The zero-order chi connectivity index (χ0) is 17.8. The maximum absolute atomic E-state index is 12.3. The van der Waals surface area contributed by atoms with Crippen LogP contribution in [0.4, 0.5) is 18.0 Å². The van der Waals surface area contributed by atoms with E-state index in [-0.39, 0.29) is 0 Å². The van der Waals surface area contributed by atoms with Gasteiger partial charge in [0.15, 0.2) is 6.10 Å². The third-order valence-electron chi connectivity index (χ3n) is 3.36. The maximum atomic E-state index is 12.3. The number of alkyl halides is 3. The molecule has 0 aliphatic carbocycles. The van der Waals surface area contributed by atoms with Crippen LogP contribution >= 0.6 is 0 Å². The number of carbonyl (C=O) groups excluding carboxylic acids is 1. The van der Waals surface area contributed by atoms with Gasteiger partial charge in [-0.15, -0.1) is 0 Å². The quantitative estimate of drug-likeness (QED) is 0.870. The van der Waals surface area contributed by atoms with Crippen LogP contribution in [0.1, 0.15) is 24.1 Å². The third kappa shape index (κ3) is 5.31. The van der Waals surface area contributed by atoms with Gasteiger partial charge < -0.3 is 20.1 Å². The molecule has 0 heterocycles. The fourth-order valence-corrected chi connectivity index (χ4v) is 2.01. The van der Waals surface area contributed by atoms with Crippen LogP contribution in [-0.4, -0.2) is 49.0 Å². The van der Waals surface area contributed by atoms with Crippen LogP contribution in [0.2, 0.25) is 0 Å². The molecule has 1 aromatic rings. The summed E-state index contributed by atoms with van der Waals surface area (Å²) in [6, 6.07) is 4.24. The van der Waals surface area contributed by atoms with Crippen LogP contribution in [0.25, 0.3) is 0 Å². The van der Waals surface area contributed by atoms with E-state index in [1.165, 1.54) is 14.2 Å². The van der Waals surface area contributed by atoms with Crippen molar-refractivity contribution in [1.29, 1.82) is 0 Å². The summed E-state index contributed by atoms with van der Waals surface area (Å²) in [6.45, 7) is 2.74. The molecule has 0 unspecified atom stereocenters. The maximum Gasteiger partial charge on any atom is 0.416 e. The minimum Gasteiger partial charge on any atom is -0.496 e. The van der Waals surface area contributed by atoms with Crippen molar-refractivity contribution in [3.63, 3.8) is 0 Å². The average Bonchev–Trinajstić information content (AvgIpc) is 2.45. The molecule has 0 saturated heterocycles. The summed E-state index contributed by atoms with van der Waals surface area (Å²) < 4.78 is 42.2. The van der Waals surface area contributed by atoms with E-state index in [2.05, 4.69) is 5.32 Å². The molecule has 130 valence electrons. The number of methoxy groups -OCH3 is 1. The Hall–Kier alpha value is -1.96. The third-order valence-corrected chi connectivity index (χ3v) is 3.36. The van der Waals surface area contributed by atoms with Crippen LogP contribution in [0.3, 0.4) is 0 Å². The van der Waals surface area contributed by atoms with E-state index in [0.717, 1.165) is 10.5 Å². The van der Waals surface area contributed by atoms with Crippen LogP contribution in [0.15, 0.2) is 18.2 Å². The first-order chi connectivity index (χ1) is 10.6. The van der Waals surface area contributed by atoms with Gasteiger partial charge in [0.2, 0.25) is 0 Å². The molecular formula is C15H21F3N2O3. The van der Waals surface area contributed by atoms with Crippen molar-refractivity contribution in [3.8, 4) is 5.75 Å². The smallest absolute Gasteiger partial charge is 0.416 e. The molecule has 2 amide bonds. The van der Waals surface area contributed by atoms with Gasteiger partial charge in [0, 0.05) is 12.6 Å². The number of nitrogens with one attached hydrogen (secondary N) is 1. The zero-order valence-corrected chi connectivity index (χ0v) is 13.4. The van der Waals surface area contributed by atoms with Gasteiger partial charge in [-0.05, 0) is 19.9 Å². The number of benzene rings is 1. The van der Waals surface area contributed by atoms with Crippen molar-refractivity contribution in [1.82, 2.24) is 10.2 Å². The lowest BCUT2D eigenvalue weighted by Crippen LogP contribution is -2.46. The molecule has 5 nitrogen and oxygen atoms in total. The molecule has 0 spiro atoms. The normalized spacial score (nSPS) is 14.1. The number of nitrogens with zero attached hydrogens (tertiary/aromatic N) is 1. The van der Waals surface area contributed by atoms with Crippen LogP contribution in [-0.2, 0) is 0 Å². The Morgan fingerprint density at radius 3 is 2.57 bits per heavy atom. The van der Waals surface area contributed by atoms with Crippen LogP contribution < -0.4 is 10.1 Å². The van der Waals surface area contributed by atoms with E-state index in [4.69, 9.17) is 9.84 Å². The molecule has 0 aliphatic rings. The van der Waals surface area contributed by atoms with E-state index >= 15 is 0 Å². The minimum absolute atomic E-state index is 0.470. The van der Waals surface area contributed by atoms with Crippen molar-refractivity contribution >= 4 is 6.03 Å². The molecule has 2 N–H and O–H groups in total. The topological polar surface area (TPSA) is 61.8 Å². The molecule has 0 aromatic heterocycles. The molecule has 0 aliphatic heterocycles. The summed E-state index contributed by atoms with van der Waals surface area (Å²) in [5, 5.41) is 11.6. The molecule has 2 atom stereocenters. The lowest BCUT2D eigenvalue weighted by Gasteiger charge is -2.25. The van der Waals surface area contributed by atoms with Gasteiger partial charge in [-0.3, -0.25) is 0 Å². The molecule has 23 heavy (non-hydrogen) atoms. The van der Waals surface area contributed by atoms with Gasteiger partial charge in [0.1, 0.15) is 5.75 Å². The Labute approximate surface area is 133 Å². The Kier molecular flexibility index (Phi) is 6.26. The predicted octanol–water partition coefficient (Wildman–Crippen LogP) is 2.63. The van der Waals surface area contributed by atoms with Crippen molar-refractivity contribution in [3.05, 3.63) is 29.3 Å². The molecule has 0 fully saturated rings. The first-order valence-electron chi connectivity index (χ1n) is 6.97. The molecule has 1 aromatic carbocycles. The zero-order valence-electron chi connectivity index (χ0n) is 13.4. The monoisotopic (exact) mass is 334 g/mol. The fraction of sp³-hybridized carbons (Fsp3) is 0.533. The molecule has 0 radical (unpaired) electrons. The summed E-state index contributed by atoms with van der Waals surface area (Å²) in [7, 11) is 2.68. The second-order valence-electron chi connectivity index (χ2n) is 5.35. The Morgan fingerprint density at radius 1 is 1.43 bits per heavy atom. The minimum atomic E-state index is -4.76. The number of aliphatic hydroxyl groups is 1. The van der Waals surface area contributed by atoms with E-state index in [0.29, 0.717) is 11.3 Å². The van der Waals surface area contributed by atoms with Crippen molar-refractivity contribution < 1.29 is 27.8 Å². The fourth-order valence-electron chi connectivity index (χ4n) is 2.01. The number of rotatable bonds is 5. The van der Waals surface area contributed by atoms with Gasteiger partial charge >= 0.3 is 12.2 Å². The summed E-state index contributed by atoms with van der Waals surface area (Å²) in [6.07, 6.45) is -7.35. The first kappa shape index (κ1) is 19.1. The Bertz CT molecular complexity index is 549. The molecule has 0 bridgehead atoms. The van der Waals surface area contributed by atoms with E-state index in [1.807, 2.05) is 19.1 Å². The summed E-state index contributed by atoms with van der Waals surface area (Å²) in [4.78, 5) is 12.8. The number of amides is 2. The van der Waals surface area contributed by atoms with E-state index in [1.54, 1.807) is 13.0 Å². The predicted molar refractivity (Wildman–Crippen MR) is 79.4 cm³/mol. The number of urea groups is 1. The molecule has 1 rings (SSSR count). The van der Waals surface area contributed by atoms with Gasteiger partial charge in [0.05, 0.1) is 19.7 Å². The largest absolute Gasteiger partial charge is 0.496 e. The van der Waals surface area contributed by atoms with Gasteiger partial charge in [0.25, 0.3) is 0 Å². The van der Waals surface area contributed by atoms with Gasteiger partial charge in [-0.25, -0.2) is 4.79 Å². The highest BCUT2D eigenvalue weighted by molar-refractivity contribution is 5.74. The number of aliphatic hydroxyl groups excluding tert-OH is 1. The van der Waals surface area contributed by atoms with Crippen LogP contribution in [0, 0.1) is 6.92 Å². The number of aryl methyl sites for hydroxylation is 1. The molecule has 0 saturated carbocycles. The standard InChI is InChI=1S/C15H21F3N2O3/c1-9-5-6-12(23-4)11(7-9)10(2)19-14(22)20(3)8-13(21)15(16,17)18/h5-7,10,13,21H,8H2,1-4H3,(H,19,22)/t10-,13-/m1/s1. The number of hydrogen-bond donors (Lipinski definition) is 2. The van der Waals surface area contributed by atoms with Crippen molar-refractivity contribution in [2.24, 2.45) is 0 Å². The van der Waals surface area contributed by atoms with Crippen molar-refractivity contribution in [2.45, 2.75) is 32.2 Å². The van der Waals surface area contributed by atoms with Crippen LogP contribution in [0.5, 0.6) is 5.75 Å². The number of hydrogen-bond acceptors (Lipinski definition) is 3. The lowest BCUT2D eigenvalue weighted by atomic mass is 10.0. The SMILES string of the molecule is COc1ccc(C)cc1[C@@H](C)NC(=O)N(C)C[C@@H](O)C(F)(F)F. The number of carbonyl (C=O) groups is 1. The highest BCUT2D eigenvalue weighted by Gasteiger charge is 2.39. The highest BCUT2D eigenvalue weighted by atomic mass is 19.4. The number of ether oxygens (including phenoxy) is 1. The Balaban J connectivity index is 2.75. The first-order valence-corrected chi connectivity index (χ1v) is 6.97. The molecular weight excluding hydrogens is 313 g/mol. The second kappa shape index (κ2) is 7.54. The Morgan fingerprint density at radius 2 is 2.04 bits per heavy atom. The second-order valence-corrected chi connectivity index (χ2v) is 5.35. The average molecular weight is 334 g/mol. The summed E-state index contributed by atoms with van der Waals surface area (Å²) in [5.41, 5.74) is 1.67. The lowest BCUT2D eigenvalue weighted by molar-refractivity contribution is -0.205. The van der Waals surface area contributed by atoms with Gasteiger partial charge in [-0.1, -0.05) is 17.7 Å². The van der Waals surface area contributed by atoms with E-state index in [9.17, 15) is 18.0 Å².